The summed E-state index contributed by atoms with van der Waals surface area (Å²) in [5.41, 5.74) is -0.724. The molecular weight excluding hydrogens is 266 g/mol. The number of sulfonamides is 1. The van der Waals surface area contributed by atoms with Crippen molar-refractivity contribution in [3.63, 3.8) is 0 Å². The Bertz CT molecular complexity index is 408. The molecule has 0 aromatic rings. The second-order valence-corrected chi connectivity index (χ2v) is 7.92. The molecule has 0 amide bonds. The largest absolute Gasteiger partial charge is 0.481 e. The third kappa shape index (κ3) is 3.92. The summed E-state index contributed by atoms with van der Waals surface area (Å²) in [5, 5.41) is 9.39. The van der Waals surface area contributed by atoms with Crippen LogP contribution < -0.4 is 0 Å². The molecule has 1 saturated heterocycles. The number of rotatable bonds is 6. The summed E-state index contributed by atoms with van der Waals surface area (Å²) >= 11 is 0. The smallest absolute Gasteiger partial charge is 0.309 e. The number of hydrogen-bond acceptors (Lipinski definition) is 3. The number of piperidine rings is 1. The normalized spacial score (nSPS) is 20.6. The maximum atomic E-state index is 12.1. The number of carboxylic acid groups (broad SMARTS) is 1. The molecule has 1 heterocycles. The molecule has 0 unspecified atom stereocenters. The van der Waals surface area contributed by atoms with Gasteiger partial charge in [0.25, 0.3) is 0 Å². The van der Waals surface area contributed by atoms with E-state index in [1.54, 1.807) is 0 Å². The lowest BCUT2D eigenvalue weighted by Crippen LogP contribution is -2.47. The van der Waals surface area contributed by atoms with Gasteiger partial charge in [0, 0.05) is 13.1 Å². The highest BCUT2D eigenvalue weighted by Gasteiger charge is 2.42. The Morgan fingerprint density at radius 3 is 2.21 bits per heavy atom. The van der Waals surface area contributed by atoms with Gasteiger partial charge in [-0.3, -0.25) is 4.79 Å². The first kappa shape index (κ1) is 16.4. The zero-order valence-corrected chi connectivity index (χ0v) is 12.9. The number of carboxylic acids is 1. The van der Waals surface area contributed by atoms with Gasteiger partial charge in [-0.2, -0.15) is 0 Å². The van der Waals surface area contributed by atoms with Gasteiger partial charge in [-0.1, -0.05) is 27.2 Å². The molecule has 1 aliphatic heterocycles. The van der Waals surface area contributed by atoms with E-state index in [1.165, 1.54) is 4.31 Å². The molecule has 1 fully saturated rings. The van der Waals surface area contributed by atoms with Crippen molar-refractivity contribution < 1.29 is 18.3 Å². The van der Waals surface area contributed by atoms with E-state index in [4.69, 9.17) is 0 Å². The molecule has 1 rings (SSSR count). The fourth-order valence-corrected chi connectivity index (χ4v) is 4.56. The lowest BCUT2D eigenvalue weighted by atomic mass is 9.75. The molecule has 0 aliphatic carbocycles. The Kier molecular flexibility index (Phi) is 5.38. The molecule has 0 spiro atoms. The zero-order chi connectivity index (χ0) is 14.7. The Morgan fingerprint density at radius 2 is 1.84 bits per heavy atom. The minimum Gasteiger partial charge on any atom is -0.481 e. The molecule has 0 radical (unpaired) electrons. The van der Waals surface area contributed by atoms with E-state index in [0.717, 1.165) is 6.42 Å². The van der Waals surface area contributed by atoms with Crippen LogP contribution in [0.5, 0.6) is 0 Å². The average molecular weight is 291 g/mol. The van der Waals surface area contributed by atoms with Crippen molar-refractivity contribution in [2.45, 2.75) is 46.5 Å². The van der Waals surface area contributed by atoms with Crippen LogP contribution in [-0.2, 0) is 14.8 Å². The van der Waals surface area contributed by atoms with E-state index >= 15 is 0 Å². The monoisotopic (exact) mass is 291 g/mol. The van der Waals surface area contributed by atoms with Crippen molar-refractivity contribution in [1.82, 2.24) is 4.31 Å². The summed E-state index contributed by atoms with van der Waals surface area (Å²) in [7, 11) is -3.23. The molecule has 0 aromatic heterocycles. The molecule has 1 aliphatic rings. The SMILES string of the molecule is CCCC1(C(=O)O)CCN(S(=O)(=O)CC(C)C)CC1. The second kappa shape index (κ2) is 6.22. The van der Waals surface area contributed by atoms with Crippen molar-refractivity contribution >= 4 is 16.0 Å². The molecule has 0 saturated carbocycles. The molecule has 0 bridgehead atoms. The minimum absolute atomic E-state index is 0.0896. The van der Waals surface area contributed by atoms with Crippen molar-refractivity contribution in [2.75, 3.05) is 18.8 Å². The van der Waals surface area contributed by atoms with Crippen LogP contribution in [0.3, 0.4) is 0 Å². The molecule has 1 N–H and O–H groups in total. The fraction of sp³-hybridized carbons (Fsp3) is 0.923. The maximum Gasteiger partial charge on any atom is 0.309 e. The first-order valence-electron chi connectivity index (χ1n) is 6.95. The van der Waals surface area contributed by atoms with Gasteiger partial charge in [0.05, 0.1) is 11.2 Å². The quantitative estimate of drug-likeness (QED) is 0.811. The third-order valence-electron chi connectivity index (χ3n) is 3.80. The van der Waals surface area contributed by atoms with Gasteiger partial charge in [-0.15, -0.1) is 0 Å². The number of hydrogen-bond donors (Lipinski definition) is 1. The van der Waals surface area contributed by atoms with Gasteiger partial charge in [-0.05, 0) is 25.2 Å². The van der Waals surface area contributed by atoms with E-state index in [9.17, 15) is 18.3 Å². The van der Waals surface area contributed by atoms with E-state index in [-0.39, 0.29) is 11.7 Å². The van der Waals surface area contributed by atoms with Gasteiger partial charge in [0.1, 0.15) is 0 Å². The number of carbonyl (C=O) groups is 1. The van der Waals surface area contributed by atoms with Crippen LogP contribution in [0.4, 0.5) is 0 Å². The Balaban J connectivity index is 2.73. The first-order chi connectivity index (χ1) is 8.73. The second-order valence-electron chi connectivity index (χ2n) is 5.91. The summed E-state index contributed by atoms with van der Waals surface area (Å²) in [5.74, 6) is -0.553. The van der Waals surface area contributed by atoms with Gasteiger partial charge in [0.15, 0.2) is 0 Å². The fourth-order valence-electron chi connectivity index (χ4n) is 2.77. The maximum absolute atomic E-state index is 12.1. The molecule has 19 heavy (non-hydrogen) atoms. The average Bonchev–Trinajstić information content (AvgIpc) is 2.28. The molecule has 0 aromatic carbocycles. The number of nitrogens with zero attached hydrogens (tertiary/aromatic N) is 1. The Morgan fingerprint density at radius 1 is 1.32 bits per heavy atom. The van der Waals surface area contributed by atoms with Gasteiger partial charge in [0.2, 0.25) is 10.0 Å². The predicted molar refractivity (Wildman–Crippen MR) is 74.4 cm³/mol. The van der Waals surface area contributed by atoms with E-state index < -0.39 is 21.4 Å². The van der Waals surface area contributed by atoms with Crippen molar-refractivity contribution in [2.24, 2.45) is 11.3 Å². The summed E-state index contributed by atoms with van der Waals surface area (Å²) in [4.78, 5) is 11.4. The van der Waals surface area contributed by atoms with Crippen LogP contribution in [0.15, 0.2) is 0 Å². The topological polar surface area (TPSA) is 74.7 Å². The van der Waals surface area contributed by atoms with E-state index in [0.29, 0.717) is 32.4 Å². The van der Waals surface area contributed by atoms with Crippen molar-refractivity contribution in [3.8, 4) is 0 Å². The van der Waals surface area contributed by atoms with Crippen LogP contribution in [0.1, 0.15) is 46.5 Å². The van der Waals surface area contributed by atoms with Crippen LogP contribution >= 0.6 is 0 Å². The summed E-state index contributed by atoms with van der Waals surface area (Å²) < 4.78 is 25.7. The van der Waals surface area contributed by atoms with Crippen LogP contribution in [0.25, 0.3) is 0 Å². The van der Waals surface area contributed by atoms with Crippen molar-refractivity contribution in [3.05, 3.63) is 0 Å². The standard InChI is InChI=1S/C13H25NO4S/c1-4-5-13(12(15)16)6-8-14(9-7-13)19(17,18)10-11(2)3/h11H,4-10H2,1-3H3,(H,15,16). The molecule has 112 valence electrons. The highest BCUT2D eigenvalue weighted by molar-refractivity contribution is 7.89. The van der Waals surface area contributed by atoms with E-state index in [2.05, 4.69) is 0 Å². The number of aliphatic carboxylic acids is 1. The Labute approximate surface area is 116 Å². The minimum atomic E-state index is -3.23. The lowest BCUT2D eigenvalue weighted by molar-refractivity contribution is -0.152. The molecular formula is C13H25NO4S. The first-order valence-corrected chi connectivity index (χ1v) is 8.55. The van der Waals surface area contributed by atoms with Crippen LogP contribution in [0.2, 0.25) is 0 Å². The van der Waals surface area contributed by atoms with Gasteiger partial charge >= 0.3 is 5.97 Å². The summed E-state index contributed by atoms with van der Waals surface area (Å²) in [6.45, 7) is 6.38. The highest BCUT2D eigenvalue weighted by atomic mass is 32.2. The molecule has 0 atom stereocenters. The predicted octanol–water partition coefficient (Wildman–Crippen LogP) is 1.94. The lowest BCUT2D eigenvalue weighted by Gasteiger charge is -2.38. The van der Waals surface area contributed by atoms with E-state index in [1.807, 2.05) is 20.8 Å². The summed E-state index contributed by atoms with van der Waals surface area (Å²) in [6, 6.07) is 0. The molecule has 5 nitrogen and oxygen atoms in total. The van der Waals surface area contributed by atoms with Crippen LogP contribution in [-0.4, -0.2) is 42.6 Å². The zero-order valence-electron chi connectivity index (χ0n) is 12.1. The van der Waals surface area contributed by atoms with Gasteiger partial charge < -0.3 is 5.11 Å². The van der Waals surface area contributed by atoms with Crippen molar-refractivity contribution in [1.29, 1.82) is 0 Å². The molecule has 6 heteroatoms. The third-order valence-corrected chi connectivity index (χ3v) is 6.04. The van der Waals surface area contributed by atoms with Crippen LogP contribution in [0, 0.1) is 11.3 Å². The Hall–Kier alpha value is -0.620. The summed E-state index contributed by atoms with van der Waals surface area (Å²) in [6.07, 6.45) is 2.28. The highest BCUT2D eigenvalue weighted by Crippen LogP contribution is 2.37. The van der Waals surface area contributed by atoms with Gasteiger partial charge in [-0.25, -0.2) is 12.7 Å².